The van der Waals surface area contributed by atoms with Gasteiger partial charge in [-0.3, -0.25) is 9.78 Å². The van der Waals surface area contributed by atoms with Gasteiger partial charge in [0.2, 0.25) is 0 Å². The first-order chi connectivity index (χ1) is 17.8. The topological polar surface area (TPSA) is 56.8 Å². The lowest BCUT2D eigenvalue weighted by Crippen LogP contribution is -2.36. The van der Waals surface area contributed by atoms with E-state index in [0.717, 1.165) is 53.0 Å². The number of aromatic nitrogens is 1. The van der Waals surface area contributed by atoms with Crippen molar-refractivity contribution in [1.82, 2.24) is 9.88 Å². The van der Waals surface area contributed by atoms with Crippen molar-refractivity contribution in [2.75, 3.05) is 22.9 Å². The lowest BCUT2D eigenvalue weighted by atomic mass is 10.0. The molecule has 10 heteroatoms. The first-order valence-electron chi connectivity index (χ1n) is 12.4. The summed E-state index contributed by atoms with van der Waals surface area (Å²) in [6.07, 6.45) is 6.34. The zero-order valence-electron chi connectivity index (χ0n) is 20.0. The zero-order valence-corrected chi connectivity index (χ0v) is 20.8. The molecular weight excluding hydrogens is 501 g/mol. The number of benzene rings is 2. The number of hydrogen-bond acceptors (Lipinski definition) is 5. The van der Waals surface area contributed by atoms with Crippen LogP contribution in [0.3, 0.4) is 0 Å². The van der Waals surface area contributed by atoms with Gasteiger partial charge in [0.15, 0.2) is 0 Å². The molecule has 3 aromatic rings. The van der Waals surface area contributed by atoms with Crippen LogP contribution in [-0.2, 0) is 11.3 Å². The Kier molecular flexibility index (Phi) is 5.82. The van der Waals surface area contributed by atoms with Gasteiger partial charge >= 0.3 is 11.5 Å². The Morgan fingerprint density at radius 1 is 0.946 bits per heavy atom. The number of thioether (sulfide) groups is 1. The highest BCUT2D eigenvalue weighted by Crippen LogP contribution is 2.50. The molecule has 192 valence electrons. The van der Waals surface area contributed by atoms with Gasteiger partial charge in [0.25, 0.3) is 5.91 Å². The number of hydrogen-bond donors (Lipinski definition) is 0. The quantitative estimate of drug-likeness (QED) is 0.287. The first-order valence-corrected chi connectivity index (χ1v) is 13.2. The fraction of sp³-hybridized carbons (Fsp3) is 0.370. The summed E-state index contributed by atoms with van der Waals surface area (Å²) in [6, 6.07) is 12.9. The summed E-state index contributed by atoms with van der Waals surface area (Å²) in [5.74, 6) is -0.316. The maximum atomic E-state index is 13.6. The molecule has 6 rings (SSSR count). The minimum absolute atomic E-state index is 0.00170. The van der Waals surface area contributed by atoms with E-state index in [0.29, 0.717) is 12.8 Å². The second-order valence-corrected chi connectivity index (χ2v) is 10.9. The van der Waals surface area contributed by atoms with Gasteiger partial charge in [-0.1, -0.05) is 6.07 Å². The summed E-state index contributed by atoms with van der Waals surface area (Å²) in [4.78, 5) is 36.8. The molecule has 3 aliphatic rings. The second kappa shape index (κ2) is 8.93. The summed E-state index contributed by atoms with van der Waals surface area (Å²) in [7, 11) is 0. The second-order valence-electron chi connectivity index (χ2n) is 9.77. The maximum absolute atomic E-state index is 13.6. The van der Waals surface area contributed by atoms with Crippen molar-refractivity contribution in [2.24, 2.45) is 0 Å². The number of pyridine rings is 1. The van der Waals surface area contributed by atoms with Gasteiger partial charge in [-0.05, 0) is 91.9 Å². The molecule has 0 unspecified atom stereocenters. The summed E-state index contributed by atoms with van der Waals surface area (Å²) in [6.45, 7) is 2.19. The lowest BCUT2D eigenvalue weighted by Gasteiger charge is -2.31. The van der Waals surface area contributed by atoms with E-state index in [-0.39, 0.29) is 34.8 Å². The molecule has 3 fully saturated rings. The Hall–Kier alpha value is -3.27. The number of amides is 3. The van der Waals surface area contributed by atoms with Crippen molar-refractivity contribution in [1.29, 1.82) is 0 Å². The third-order valence-corrected chi connectivity index (χ3v) is 8.19. The lowest BCUT2D eigenvalue weighted by molar-refractivity contribution is -0.120. The van der Waals surface area contributed by atoms with E-state index in [1.807, 2.05) is 18.2 Å². The molecule has 1 spiro atoms. The van der Waals surface area contributed by atoms with Crippen LogP contribution in [0.2, 0.25) is 0 Å². The average molecular weight is 527 g/mol. The molecule has 6 nitrogen and oxygen atoms in total. The number of anilines is 2. The summed E-state index contributed by atoms with van der Waals surface area (Å²) in [5, 5.41) is 0.995. The highest BCUT2D eigenvalue weighted by Gasteiger charge is 2.65. The SMILES string of the molecule is O=C1N(c2ccc(SC(F)(F)F)cc2)C(=O)C2(CC2)N1Cc1ccnc2cccc(N3CCCCC3)c12. The number of imide groups is 1. The fourth-order valence-corrected chi connectivity index (χ4v) is 6.06. The number of carbonyl (C=O) groups is 2. The van der Waals surface area contributed by atoms with Crippen LogP contribution < -0.4 is 9.80 Å². The van der Waals surface area contributed by atoms with E-state index >= 15 is 0 Å². The van der Waals surface area contributed by atoms with Gasteiger partial charge in [0.1, 0.15) is 5.54 Å². The van der Waals surface area contributed by atoms with Gasteiger partial charge in [-0.2, -0.15) is 13.2 Å². The highest BCUT2D eigenvalue weighted by molar-refractivity contribution is 8.00. The number of rotatable bonds is 5. The molecule has 2 saturated heterocycles. The third kappa shape index (κ3) is 4.31. The Morgan fingerprint density at radius 2 is 1.68 bits per heavy atom. The monoisotopic (exact) mass is 526 g/mol. The summed E-state index contributed by atoms with van der Waals surface area (Å²) >= 11 is -0.227. The van der Waals surface area contributed by atoms with E-state index in [4.69, 9.17) is 0 Å². The molecule has 1 aliphatic carbocycles. The number of carbonyl (C=O) groups excluding carboxylic acids is 2. The maximum Gasteiger partial charge on any atom is 0.446 e. The number of piperidine rings is 1. The number of alkyl halides is 3. The van der Waals surface area contributed by atoms with Crippen LogP contribution in [-0.4, -0.2) is 46.0 Å². The van der Waals surface area contributed by atoms with Crippen molar-refractivity contribution < 1.29 is 22.8 Å². The standard InChI is InChI=1S/C27H25F3N4O2S/c28-27(29,30)37-20-9-7-19(8-10-20)34-24(35)26(12-13-26)33(25(34)36)17-18-11-14-31-21-5-4-6-22(23(18)21)32-15-2-1-3-16-32/h4-11,14H,1-3,12-13,15-17H2. The van der Waals surface area contributed by atoms with Gasteiger partial charge in [0.05, 0.1) is 11.2 Å². The summed E-state index contributed by atoms with van der Waals surface area (Å²) < 4.78 is 38.2. The van der Waals surface area contributed by atoms with Crippen LogP contribution >= 0.6 is 11.8 Å². The van der Waals surface area contributed by atoms with Crippen LogP contribution in [0.4, 0.5) is 29.3 Å². The highest BCUT2D eigenvalue weighted by atomic mass is 32.2. The van der Waals surface area contributed by atoms with Gasteiger partial charge in [0, 0.05) is 41.8 Å². The smallest absolute Gasteiger partial charge is 0.371 e. The average Bonchev–Trinajstić information content (AvgIpc) is 3.66. The molecule has 3 heterocycles. The number of nitrogens with zero attached hydrogens (tertiary/aromatic N) is 4. The molecule has 0 bridgehead atoms. The molecule has 2 aromatic carbocycles. The van der Waals surface area contributed by atoms with Crippen LogP contribution in [0.1, 0.15) is 37.7 Å². The molecule has 1 saturated carbocycles. The summed E-state index contributed by atoms with van der Waals surface area (Å²) in [5.41, 5.74) is -2.15. The normalized spacial score (nSPS) is 19.4. The first kappa shape index (κ1) is 24.1. The Balaban J connectivity index is 1.33. The number of halogens is 3. The molecule has 3 amide bonds. The Labute approximate surface area is 216 Å². The predicted octanol–water partition coefficient (Wildman–Crippen LogP) is 6.34. The van der Waals surface area contributed by atoms with E-state index < -0.39 is 17.1 Å². The zero-order chi connectivity index (χ0) is 25.8. The minimum atomic E-state index is -4.41. The molecule has 0 radical (unpaired) electrons. The predicted molar refractivity (Wildman–Crippen MR) is 137 cm³/mol. The van der Waals surface area contributed by atoms with Crippen LogP contribution in [0.5, 0.6) is 0 Å². The van der Waals surface area contributed by atoms with Crippen molar-refractivity contribution in [3.05, 3.63) is 60.3 Å². The Morgan fingerprint density at radius 3 is 2.35 bits per heavy atom. The van der Waals surface area contributed by atoms with Crippen molar-refractivity contribution >= 4 is 46.0 Å². The minimum Gasteiger partial charge on any atom is -0.371 e. The van der Waals surface area contributed by atoms with E-state index in [2.05, 4.69) is 16.0 Å². The van der Waals surface area contributed by atoms with Gasteiger partial charge in [-0.25, -0.2) is 9.69 Å². The van der Waals surface area contributed by atoms with Crippen LogP contribution in [0.15, 0.2) is 59.6 Å². The van der Waals surface area contributed by atoms with E-state index in [1.165, 1.54) is 30.7 Å². The molecule has 0 atom stereocenters. The molecule has 0 N–H and O–H groups in total. The van der Waals surface area contributed by atoms with Crippen LogP contribution in [0, 0.1) is 0 Å². The van der Waals surface area contributed by atoms with Crippen molar-refractivity contribution in [2.45, 2.75) is 54.6 Å². The van der Waals surface area contributed by atoms with Crippen LogP contribution in [0.25, 0.3) is 10.9 Å². The van der Waals surface area contributed by atoms with E-state index in [9.17, 15) is 22.8 Å². The Bertz CT molecular complexity index is 1360. The van der Waals surface area contributed by atoms with Gasteiger partial charge in [-0.15, -0.1) is 0 Å². The van der Waals surface area contributed by atoms with Gasteiger partial charge < -0.3 is 9.80 Å². The van der Waals surface area contributed by atoms with Crippen molar-refractivity contribution in [3.63, 3.8) is 0 Å². The molecular formula is C27H25F3N4O2S. The fourth-order valence-electron chi connectivity index (χ4n) is 5.52. The molecule has 1 aromatic heterocycles. The number of urea groups is 1. The number of fused-ring (bicyclic) bond motifs is 1. The molecule has 2 aliphatic heterocycles. The van der Waals surface area contributed by atoms with E-state index in [1.54, 1.807) is 11.1 Å². The van der Waals surface area contributed by atoms with Crippen molar-refractivity contribution in [3.8, 4) is 0 Å². The third-order valence-electron chi connectivity index (χ3n) is 7.45. The molecule has 37 heavy (non-hydrogen) atoms. The largest absolute Gasteiger partial charge is 0.446 e.